The Labute approximate surface area is 181 Å². The summed E-state index contributed by atoms with van der Waals surface area (Å²) in [6, 6.07) is 10.2. The number of hydrogen-bond donors (Lipinski definition) is 1. The Bertz CT molecular complexity index is 1120. The lowest BCUT2D eigenvalue weighted by atomic mass is 9.83. The number of amides is 1. The Hall–Kier alpha value is -2.93. The Morgan fingerprint density at radius 3 is 2.71 bits per heavy atom. The van der Waals surface area contributed by atoms with Crippen molar-refractivity contribution in [2.45, 2.75) is 50.5 Å². The van der Waals surface area contributed by atoms with E-state index in [0.717, 1.165) is 60.4 Å². The largest absolute Gasteiger partial charge is 0.368 e. The van der Waals surface area contributed by atoms with Crippen LogP contribution in [0.2, 0.25) is 0 Å². The lowest BCUT2D eigenvalue weighted by molar-refractivity contribution is -0.0963. The Morgan fingerprint density at radius 1 is 1.19 bits per heavy atom. The predicted octanol–water partition coefficient (Wildman–Crippen LogP) is 3.49. The summed E-state index contributed by atoms with van der Waals surface area (Å²) in [6.45, 7) is 3.99. The molecule has 2 aromatic heterocycles. The number of aromatic nitrogens is 4. The van der Waals surface area contributed by atoms with Crippen LogP contribution in [0.5, 0.6) is 0 Å². The first-order valence-corrected chi connectivity index (χ1v) is 11.3. The van der Waals surface area contributed by atoms with E-state index in [2.05, 4.69) is 28.5 Å². The van der Waals surface area contributed by atoms with Crippen LogP contribution >= 0.6 is 0 Å². The number of para-hydroxylation sites is 1. The fourth-order valence-corrected chi connectivity index (χ4v) is 5.09. The van der Waals surface area contributed by atoms with Crippen molar-refractivity contribution >= 4 is 5.91 Å². The van der Waals surface area contributed by atoms with Gasteiger partial charge in [0.15, 0.2) is 0 Å². The van der Waals surface area contributed by atoms with E-state index in [1.54, 1.807) is 0 Å². The van der Waals surface area contributed by atoms with Crippen molar-refractivity contribution in [2.75, 3.05) is 19.7 Å². The molecule has 2 fully saturated rings. The minimum atomic E-state index is -0.394. The molecule has 31 heavy (non-hydrogen) atoms. The molecule has 1 aliphatic carbocycles. The Balaban J connectivity index is 1.24. The van der Waals surface area contributed by atoms with Gasteiger partial charge in [-0.05, 0) is 56.7 Å². The maximum Gasteiger partial charge on any atom is 0.257 e. The van der Waals surface area contributed by atoms with Gasteiger partial charge >= 0.3 is 0 Å². The number of carbonyl (C=O) groups excluding carboxylic acids is 1. The molecule has 1 amide bonds. The first-order valence-electron chi connectivity index (χ1n) is 11.3. The van der Waals surface area contributed by atoms with Gasteiger partial charge in [0.2, 0.25) is 0 Å². The number of carbonyl (C=O) groups is 1. The number of aryl methyl sites for hydroxylation is 1. The van der Waals surface area contributed by atoms with Gasteiger partial charge < -0.3 is 9.64 Å². The molecular formula is C24H27N5O2. The zero-order chi connectivity index (χ0) is 21.0. The number of nitrogens with zero attached hydrogens (tertiary/aromatic N) is 4. The number of ether oxygens (including phenoxy) is 1. The third-order valence-corrected chi connectivity index (χ3v) is 7.00. The zero-order valence-electron chi connectivity index (χ0n) is 17.8. The van der Waals surface area contributed by atoms with Crippen molar-refractivity contribution in [1.82, 2.24) is 24.9 Å². The van der Waals surface area contributed by atoms with E-state index in [1.165, 1.54) is 5.56 Å². The fraction of sp³-hybridized carbons (Fsp3) is 0.458. The van der Waals surface area contributed by atoms with Crippen LogP contribution in [0.4, 0.5) is 0 Å². The molecule has 6 rings (SSSR count). The summed E-state index contributed by atoms with van der Waals surface area (Å²) >= 11 is 0. The monoisotopic (exact) mass is 417 g/mol. The number of piperidine rings is 1. The number of fused-ring (bicyclic) bond motifs is 2. The van der Waals surface area contributed by atoms with Crippen molar-refractivity contribution in [3.05, 3.63) is 64.7 Å². The number of rotatable bonds is 3. The second-order valence-corrected chi connectivity index (χ2v) is 9.05. The van der Waals surface area contributed by atoms with Crippen LogP contribution in [0.1, 0.15) is 64.6 Å². The summed E-state index contributed by atoms with van der Waals surface area (Å²) in [4.78, 5) is 15.3. The van der Waals surface area contributed by atoms with Crippen LogP contribution in [0.15, 0.2) is 36.5 Å². The third-order valence-electron chi connectivity index (χ3n) is 7.00. The van der Waals surface area contributed by atoms with E-state index in [1.807, 2.05) is 34.7 Å². The quantitative estimate of drug-likeness (QED) is 0.708. The van der Waals surface area contributed by atoms with Gasteiger partial charge in [0.1, 0.15) is 5.60 Å². The first kappa shape index (κ1) is 18.8. The molecule has 1 N–H and O–H groups in total. The lowest BCUT2D eigenvalue weighted by Gasteiger charge is -2.43. The highest BCUT2D eigenvalue weighted by Gasteiger charge is 2.45. The van der Waals surface area contributed by atoms with Crippen LogP contribution in [0.3, 0.4) is 0 Å². The van der Waals surface area contributed by atoms with E-state index >= 15 is 0 Å². The van der Waals surface area contributed by atoms with Gasteiger partial charge in [0, 0.05) is 30.9 Å². The number of likely N-dealkylation sites (tertiary alicyclic amines) is 1. The van der Waals surface area contributed by atoms with E-state index in [4.69, 9.17) is 9.84 Å². The smallest absolute Gasteiger partial charge is 0.257 e. The van der Waals surface area contributed by atoms with Crippen LogP contribution in [-0.4, -0.2) is 50.5 Å². The van der Waals surface area contributed by atoms with E-state index in [0.29, 0.717) is 25.6 Å². The molecule has 0 atom stereocenters. The minimum Gasteiger partial charge on any atom is -0.368 e. The molecule has 1 saturated carbocycles. The number of benzene rings is 1. The second kappa shape index (κ2) is 7.05. The molecule has 7 nitrogen and oxygen atoms in total. The molecule has 0 bridgehead atoms. The maximum atomic E-state index is 13.3. The predicted molar refractivity (Wildman–Crippen MR) is 115 cm³/mol. The third kappa shape index (κ3) is 3.10. The number of aromatic amines is 1. The van der Waals surface area contributed by atoms with E-state index in [9.17, 15) is 4.79 Å². The first-order chi connectivity index (χ1) is 15.1. The van der Waals surface area contributed by atoms with Gasteiger partial charge in [-0.2, -0.15) is 10.2 Å². The van der Waals surface area contributed by atoms with E-state index < -0.39 is 5.60 Å². The van der Waals surface area contributed by atoms with Gasteiger partial charge in [-0.1, -0.05) is 18.2 Å². The molecule has 2 aliphatic heterocycles. The molecule has 1 spiro atoms. The van der Waals surface area contributed by atoms with Crippen molar-refractivity contribution in [3.8, 4) is 5.69 Å². The summed E-state index contributed by atoms with van der Waals surface area (Å²) in [6.07, 6.45) is 6.83. The molecule has 0 unspecified atom stereocenters. The average molecular weight is 418 g/mol. The topological polar surface area (TPSA) is 76.0 Å². The number of hydrogen-bond acceptors (Lipinski definition) is 4. The van der Waals surface area contributed by atoms with Gasteiger partial charge in [0.05, 0.1) is 29.2 Å². The molecule has 1 aromatic carbocycles. The molecule has 4 heterocycles. The normalized spacial score (nSPS) is 20.1. The van der Waals surface area contributed by atoms with Crippen molar-refractivity contribution in [2.24, 2.45) is 0 Å². The summed E-state index contributed by atoms with van der Waals surface area (Å²) in [5, 5.41) is 12.4. The highest BCUT2D eigenvalue weighted by molar-refractivity contribution is 5.96. The molecular weight excluding hydrogens is 390 g/mol. The standard InChI is InChI=1S/C24H27N5O2/c1-16-20(21(26-25-16)17-7-8-17)23(30)28-12-10-24(11-13-28)22-18(9-14-31-24)15-29(27-22)19-5-3-2-4-6-19/h2-6,15,17H,7-14H2,1H3,(H,25,26). The molecule has 0 radical (unpaired) electrons. The van der Waals surface area contributed by atoms with Crippen LogP contribution < -0.4 is 0 Å². The minimum absolute atomic E-state index is 0.105. The Morgan fingerprint density at radius 2 is 1.97 bits per heavy atom. The number of H-pyrrole nitrogens is 1. The van der Waals surface area contributed by atoms with Crippen LogP contribution in [0.25, 0.3) is 5.69 Å². The number of nitrogens with one attached hydrogen (secondary N) is 1. The van der Waals surface area contributed by atoms with Crippen molar-refractivity contribution < 1.29 is 9.53 Å². The van der Waals surface area contributed by atoms with Gasteiger partial charge in [-0.3, -0.25) is 9.89 Å². The van der Waals surface area contributed by atoms with E-state index in [-0.39, 0.29) is 5.91 Å². The Kier molecular flexibility index (Phi) is 4.28. The van der Waals surface area contributed by atoms with Crippen molar-refractivity contribution in [3.63, 3.8) is 0 Å². The van der Waals surface area contributed by atoms with Gasteiger partial charge in [-0.25, -0.2) is 4.68 Å². The summed E-state index contributed by atoms with van der Waals surface area (Å²) < 4.78 is 8.33. The lowest BCUT2D eigenvalue weighted by Crippen LogP contribution is -2.48. The molecule has 160 valence electrons. The summed E-state index contributed by atoms with van der Waals surface area (Å²) in [7, 11) is 0. The van der Waals surface area contributed by atoms with Gasteiger partial charge in [0.25, 0.3) is 5.91 Å². The SMILES string of the molecule is Cc1[nH]nc(C2CC2)c1C(=O)N1CCC2(CC1)OCCc1cn(-c3ccccc3)nc12. The molecule has 3 aromatic rings. The van der Waals surface area contributed by atoms with Crippen LogP contribution in [0, 0.1) is 6.92 Å². The molecule has 3 aliphatic rings. The second-order valence-electron chi connectivity index (χ2n) is 9.05. The molecule has 1 saturated heterocycles. The highest BCUT2D eigenvalue weighted by atomic mass is 16.5. The molecule has 7 heteroatoms. The summed E-state index contributed by atoms with van der Waals surface area (Å²) in [5.41, 5.74) is 5.60. The van der Waals surface area contributed by atoms with Crippen LogP contribution in [-0.2, 0) is 16.8 Å². The maximum absolute atomic E-state index is 13.3. The van der Waals surface area contributed by atoms with Crippen molar-refractivity contribution in [1.29, 1.82) is 0 Å². The van der Waals surface area contributed by atoms with Gasteiger partial charge in [-0.15, -0.1) is 0 Å². The average Bonchev–Trinajstić information content (AvgIpc) is 3.42. The fourth-order valence-electron chi connectivity index (χ4n) is 5.09. The zero-order valence-corrected chi connectivity index (χ0v) is 17.8. The summed E-state index contributed by atoms with van der Waals surface area (Å²) in [5.74, 6) is 0.556. The highest BCUT2D eigenvalue weighted by Crippen LogP contribution is 2.43.